The lowest BCUT2D eigenvalue weighted by molar-refractivity contribution is -0.870. The van der Waals surface area contributed by atoms with Crippen LogP contribution in [0.25, 0.3) is 0 Å². The Hall–Kier alpha value is -2.06. The molecule has 0 amide bonds. The molecule has 0 saturated heterocycles. The summed E-state index contributed by atoms with van der Waals surface area (Å²) in [5.41, 5.74) is 0. The zero-order valence-corrected chi connectivity index (χ0v) is 39.6. The minimum atomic E-state index is -4.54. The van der Waals surface area contributed by atoms with Gasteiger partial charge < -0.3 is 27.9 Å². The summed E-state index contributed by atoms with van der Waals surface area (Å²) in [4.78, 5) is 25.1. The highest BCUT2D eigenvalue weighted by molar-refractivity contribution is 7.45. The average molecular weight is 848 g/mol. The van der Waals surface area contributed by atoms with Crippen LogP contribution < -0.4 is 4.89 Å². The summed E-state index contributed by atoms with van der Waals surface area (Å²) in [6.45, 7) is 5.24. The first-order chi connectivity index (χ1) is 28.6. The molecule has 0 aliphatic heterocycles. The molecule has 0 rings (SSSR count). The molecule has 0 aliphatic carbocycles. The Balaban J connectivity index is 4.24. The molecule has 0 saturated carbocycles. The molecule has 0 bridgehead atoms. The molecule has 0 N–H and O–H groups in total. The van der Waals surface area contributed by atoms with Gasteiger partial charge in [0.2, 0.25) is 0 Å². The third-order valence-corrected chi connectivity index (χ3v) is 10.7. The summed E-state index contributed by atoms with van der Waals surface area (Å²) in [6.07, 6.45) is 54.9. The van der Waals surface area contributed by atoms with Gasteiger partial charge >= 0.3 is 5.97 Å². The van der Waals surface area contributed by atoms with Gasteiger partial charge in [0.05, 0.1) is 34.4 Å². The lowest BCUT2D eigenvalue weighted by Gasteiger charge is -2.28. The number of carbonyl (C=O) groups is 1. The number of carbonyl (C=O) groups excluding carboxylic acids is 1. The molecular weight excluding hydrogens is 758 g/mol. The lowest BCUT2D eigenvalue weighted by atomic mass is 10.1. The molecule has 8 nitrogen and oxygen atoms in total. The summed E-state index contributed by atoms with van der Waals surface area (Å²) in [7, 11) is 1.33. The maximum atomic E-state index is 12.7. The normalized spacial score (nSPS) is 14.3. The van der Waals surface area contributed by atoms with Crippen molar-refractivity contribution >= 4 is 13.8 Å². The van der Waals surface area contributed by atoms with Gasteiger partial charge in [-0.25, -0.2) is 0 Å². The number of allylic oxidation sites excluding steroid dienone is 12. The van der Waals surface area contributed by atoms with Crippen LogP contribution in [0.3, 0.4) is 0 Å². The van der Waals surface area contributed by atoms with Crippen molar-refractivity contribution in [3.8, 4) is 0 Å². The Labute approximate surface area is 363 Å². The van der Waals surface area contributed by atoms with Crippen LogP contribution in [0.1, 0.15) is 181 Å². The SMILES string of the molecule is CC/C=C\C/C=C\C/C=C\C/C=C\C/C=C\CCCCCCCCOCC(COP(=O)([O-])OCC[N+](C)(C)C)OC(=O)CCCCCCC/C=C\CCCCCCCC. The fraction of sp³-hybridized carbons (Fsp3) is 0.740. The van der Waals surface area contributed by atoms with Crippen molar-refractivity contribution in [2.45, 2.75) is 187 Å². The van der Waals surface area contributed by atoms with E-state index in [-0.39, 0.29) is 25.8 Å². The quantitative estimate of drug-likeness (QED) is 0.0198. The Morgan fingerprint density at radius 1 is 0.542 bits per heavy atom. The van der Waals surface area contributed by atoms with Gasteiger partial charge in [-0.2, -0.15) is 0 Å². The van der Waals surface area contributed by atoms with Crippen LogP contribution >= 0.6 is 7.82 Å². The third kappa shape index (κ3) is 46.9. The first-order valence-corrected chi connectivity index (χ1v) is 25.1. The van der Waals surface area contributed by atoms with Crippen LogP contribution in [-0.4, -0.2) is 70.7 Å². The Morgan fingerprint density at radius 3 is 1.49 bits per heavy atom. The van der Waals surface area contributed by atoms with Crippen molar-refractivity contribution in [1.29, 1.82) is 0 Å². The van der Waals surface area contributed by atoms with Crippen molar-refractivity contribution in [3.63, 3.8) is 0 Å². The molecule has 0 spiro atoms. The van der Waals surface area contributed by atoms with E-state index in [0.717, 1.165) is 89.9 Å². The number of phosphoric acid groups is 1. The van der Waals surface area contributed by atoms with Crippen molar-refractivity contribution < 1.29 is 37.3 Å². The molecule has 342 valence electrons. The van der Waals surface area contributed by atoms with Crippen LogP contribution in [0.5, 0.6) is 0 Å². The monoisotopic (exact) mass is 848 g/mol. The van der Waals surface area contributed by atoms with E-state index in [0.29, 0.717) is 24.1 Å². The molecule has 0 heterocycles. The van der Waals surface area contributed by atoms with Crippen molar-refractivity contribution in [3.05, 3.63) is 72.9 Å². The predicted octanol–water partition coefficient (Wildman–Crippen LogP) is 13.6. The summed E-state index contributed by atoms with van der Waals surface area (Å²) in [6, 6.07) is 0. The largest absolute Gasteiger partial charge is 0.756 e. The van der Waals surface area contributed by atoms with E-state index in [9.17, 15) is 14.3 Å². The standard InChI is InChI=1S/C50H90NO7P/c1-6-8-10-12-14-16-18-20-22-23-24-25-26-27-28-30-32-34-36-38-40-42-45-55-47-49(48-57-59(53,54)56-46-44-51(3,4)5)58-50(52)43-41-39-37-35-33-31-29-21-19-17-15-13-11-9-7-2/h8,10,14,16,20-22,24-25,27-29,49H,6-7,9,11-13,15,17-19,23,26,30-48H2,1-5H3/b10-8-,16-14-,22-20-,25-24-,28-27-,29-21-. The summed E-state index contributed by atoms with van der Waals surface area (Å²) >= 11 is 0. The summed E-state index contributed by atoms with van der Waals surface area (Å²) < 4.78 is 34.6. The van der Waals surface area contributed by atoms with Gasteiger partial charge in [-0.05, 0) is 83.5 Å². The van der Waals surface area contributed by atoms with E-state index >= 15 is 0 Å². The highest BCUT2D eigenvalue weighted by Gasteiger charge is 2.20. The molecule has 2 atom stereocenters. The van der Waals surface area contributed by atoms with Gasteiger partial charge in [0.1, 0.15) is 19.3 Å². The molecule has 0 radical (unpaired) electrons. The van der Waals surface area contributed by atoms with Crippen LogP contribution in [0.2, 0.25) is 0 Å². The van der Waals surface area contributed by atoms with Crippen LogP contribution in [-0.2, 0) is 27.9 Å². The van der Waals surface area contributed by atoms with Gasteiger partial charge in [-0.1, -0.05) is 164 Å². The number of phosphoric ester groups is 1. The first kappa shape index (κ1) is 56.9. The Morgan fingerprint density at radius 2 is 0.983 bits per heavy atom. The number of hydrogen-bond donors (Lipinski definition) is 0. The second-order valence-electron chi connectivity index (χ2n) is 16.7. The second kappa shape index (κ2) is 42.6. The van der Waals surface area contributed by atoms with Gasteiger partial charge in [-0.3, -0.25) is 9.36 Å². The topological polar surface area (TPSA) is 94.1 Å². The number of ether oxygens (including phenoxy) is 2. The fourth-order valence-electron chi connectivity index (χ4n) is 6.10. The van der Waals surface area contributed by atoms with E-state index in [1.165, 1.54) is 70.6 Å². The zero-order chi connectivity index (χ0) is 43.4. The number of rotatable bonds is 43. The average Bonchev–Trinajstić information content (AvgIpc) is 3.19. The molecule has 0 aromatic carbocycles. The number of likely N-dealkylation sites (N-methyl/N-ethyl adjacent to an activating group) is 1. The zero-order valence-electron chi connectivity index (χ0n) is 38.7. The van der Waals surface area contributed by atoms with Crippen molar-refractivity contribution in [1.82, 2.24) is 0 Å². The number of esters is 1. The summed E-state index contributed by atoms with van der Waals surface area (Å²) in [5, 5.41) is 0. The highest BCUT2D eigenvalue weighted by atomic mass is 31.2. The second-order valence-corrected chi connectivity index (χ2v) is 18.1. The van der Waals surface area contributed by atoms with Gasteiger partial charge in [0.15, 0.2) is 0 Å². The molecular formula is C50H90NO7P. The smallest absolute Gasteiger partial charge is 0.306 e. The Bertz CT molecular complexity index is 1170. The fourth-order valence-corrected chi connectivity index (χ4v) is 6.82. The van der Waals surface area contributed by atoms with Crippen LogP contribution in [0.4, 0.5) is 0 Å². The molecule has 2 unspecified atom stereocenters. The van der Waals surface area contributed by atoms with Crippen LogP contribution in [0, 0.1) is 0 Å². The van der Waals surface area contributed by atoms with Gasteiger partial charge in [0, 0.05) is 13.0 Å². The van der Waals surface area contributed by atoms with E-state index in [4.69, 9.17) is 18.5 Å². The molecule has 59 heavy (non-hydrogen) atoms. The lowest BCUT2D eigenvalue weighted by Crippen LogP contribution is -2.37. The van der Waals surface area contributed by atoms with Gasteiger partial charge in [0.25, 0.3) is 7.82 Å². The molecule has 9 heteroatoms. The van der Waals surface area contributed by atoms with Crippen molar-refractivity contribution in [2.24, 2.45) is 0 Å². The van der Waals surface area contributed by atoms with E-state index in [1.54, 1.807) is 0 Å². The minimum Gasteiger partial charge on any atom is -0.756 e. The van der Waals surface area contributed by atoms with E-state index in [2.05, 4.69) is 86.8 Å². The predicted molar refractivity (Wildman–Crippen MR) is 249 cm³/mol. The van der Waals surface area contributed by atoms with E-state index in [1.807, 2.05) is 21.1 Å². The maximum Gasteiger partial charge on any atom is 0.306 e. The number of nitrogens with zero attached hydrogens (tertiary/aromatic N) is 1. The molecule has 0 fully saturated rings. The third-order valence-electron chi connectivity index (χ3n) is 9.74. The van der Waals surface area contributed by atoms with Gasteiger partial charge in [-0.15, -0.1) is 0 Å². The Kier molecular flexibility index (Phi) is 41.1. The molecule has 0 aliphatic rings. The first-order valence-electron chi connectivity index (χ1n) is 23.7. The minimum absolute atomic E-state index is 0.0180. The molecule has 0 aromatic heterocycles. The summed E-state index contributed by atoms with van der Waals surface area (Å²) in [5.74, 6) is -0.351. The van der Waals surface area contributed by atoms with E-state index < -0.39 is 13.9 Å². The maximum absolute atomic E-state index is 12.7. The number of unbranched alkanes of at least 4 members (excludes halogenated alkanes) is 17. The number of hydrogen-bond acceptors (Lipinski definition) is 7. The molecule has 0 aromatic rings. The van der Waals surface area contributed by atoms with Crippen molar-refractivity contribution in [2.75, 3.05) is 54.1 Å². The number of quaternary nitrogens is 1. The highest BCUT2D eigenvalue weighted by Crippen LogP contribution is 2.38. The van der Waals surface area contributed by atoms with Crippen LogP contribution in [0.15, 0.2) is 72.9 Å².